The molecule has 40 heavy (non-hydrogen) atoms. The molecule has 200 valence electrons. The van der Waals surface area contributed by atoms with Crippen molar-refractivity contribution in [2.24, 2.45) is 4.99 Å². The zero-order chi connectivity index (χ0) is 28.0. The van der Waals surface area contributed by atoms with Gasteiger partial charge in [0.15, 0.2) is 17.3 Å². The van der Waals surface area contributed by atoms with Crippen molar-refractivity contribution >= 4 is 34.0 Å². The standard InChI is InChI=1S/C31H26ClN5O3/c1-3-33-29(40)16-25-31-36-35-17(2)37(31)26-11-8-20(13-24(26)30(34-25)18-6-9-23(32)10-7-18)19-4-5-21-14-27(38)28(39)15-22(21)12-19/h4-15,25,38-39H,3,16H2,1-2H3,(H,33,40)/t25-/m0/s1. The van der Waals surface area contributed by atoms with E-state index in [0.29, 0.717) is 23.2 Å². The first-order valence-electron chi connectivity index (χ1n) is 13.0. The molecule has 0 radical (unpaired) electrons. The predicted molar refractivity (Wildman–Crippen MR) is 156 cm³/mol. The van der Waals surface area contributed by atoms with Gasteiger partial charge >= 0.3 is 0 Å². The zero-order valence-corrected chi connectivity index (χ0v) is 22.6. The number of nitrogens with zero attached hydrogens (tertiary/aromatic N) is 4. The van der Waals surface area contributed by atoms with Crippen molar-refractivity contribution in [2.45, 2.75) is 26.3 Å². The van der Waals surface area contributed by atoms with E-state index in [0.717, 1.165) is 44.4 Å². The molecule has 3 N–H and O–H groups in total. The second kappa shape index (κ2) is 10.1. The number of amides is 1. The summed E-state index contributed by atoms with van der Waals surface area (Å²) >= 11 is 6.22. The summed E-state index contributed by atoms with van der Waals surface area (Å²) in [6.07, 6.45) is 0.130. The number of aliphatic imine (C=N–C) groups is 1. The Labute approximate surface area is 235 Å². The van der Waals surface area contributed by atoms with Crippen molar-refractivity contribution in [2.75, 3.05) is 6.54 Å². The van der Waals surface area contributed by atoms with E-state index >= 15 is 0 Å². The molecule has 1 aromatic heterocycles. The van der Waals surface area contributed by atoms with Crippen molar-refractivity contribution in [3.05, 3.63) is 101 Å². The molecule has 0 unspecified atom stereocenters. The molecule has 9 heteroatoms. The minimum atomic E-state index is -0.550. The second-order valence-corrected chi connectivity index (χ2v) is 10.2. The van der Waals surface area contributed by atoms with Gasteiger partial charge in [-0.25, -0.2) is 0 Å². The number of rotatable bonds is 5. The molecule has 0 bridgehead atoms. The van der Waals surface area contributed by atoms with Gasteiger partial charge in [-0.15, -0.1) is 10.2 Å². The number of hydrogen-bond donors (Lipinski definition) is 3. The topological polar surface area (TPSA) is 113 Å². The number of aromatic nitrogens is 3. The Morgan fingerprint density at radius 3 is 2.33 bits per heavy atom. The average Bonchev–Trinajstić information content (AvgIpc) is 3.26. The van der Waals surface area contributed by atoms with E-state index < -0.39 is 6.04 Å². The number of carbonyl (C=O) groups excluding carboxylic acids is 1. The largest absolute Gasteiger partial charge is 0.504 e. The number of halogens is 1. The van der Waals surface area contributed by atoms with Gasteiger partial charge in [0.1, 0.15) is 11.9 Å². The number of hydrogen-bond acceptors (Lipinski definition) is 6. The van der Waals surface area contributed by atoms with Crippen molar-refractivity contribution in [3.8, 4) is 28.3 Å². The normalized spacial score (nSPS) is 14.3. The molecule has 1 atom stereocenters. The van der Waals surface area contributed by atoms with Crippen LogP contribution in [0.15, 0.2) is 77.8 Å². The lowest BCUT2D eigenvalue weighted by molar-refractivity contribution is -0.121. The maximum atomic E-state index is 12.7. The fourth-order valence-corrected chi connectivity index (χ4v) is 5.27. The summed E-state index contributed by atoms with van der Waals surface area (Å²) in [6.45, 7) is 4.29. The number of phenols is 2. The predicted octanol–water partition coefficient (Wildman–Crippen LogP) is 5.88. The highest BCUT2D eigenvalue weighted by molar-refractivity contribution is 6.30. The average molecular weight is 552 g/mol. The van der Waals surface area contributed by atoms with Crippen LogP contribution in [0.1, 0.15) is 42.2 Å². The molecule has 2 heterocycles. The van der Waals surface area contributed by atoms with Crippen LogP contribution in [-0.4, -0.2) is 43.1 Å². The van der Waals surface area contributed by atoms with Gasteiger partial charge in [-0.3, -0.25) is 14.4 Å². The Hall–Kier alpha value is -4.69. The molecule has 0 saturated heterocycles. The number of nitrogens with one attached hydrogen (secondary N) is 1. The Morgan fingerprint density at radius 2 is 1.57 bits per heavy atom. The van der Waals surface area contributed by atoms with E-state index in [1.54, 1.807) is 12.1 Å². The van der Waals surface area contributed by atoms with Crippen molar-refractivity contribution < 1.29 is 15.0 Å². The van der Waals surface area contributed by atoms with Gasteiger partial charge in [0.2, 0.25) is 5.91 Å². The number of aromatic hydroxyl groups is 2. The summed E-state index contributed by atoms with van der Waals surface area (Å²) in [5, 5.41) is 33.8. The lowest BCUT2D eigenvalue weighted by Crippen LogP contribution is -2.25. The number of carbonyl (C=O) groups is 1. The second-order valence-electron chi connectivity index (χ2n) is 9.73. The van der Waals surface area contributed by atoms with Gasteiger partial charge in [0.05, 0.1) is 17.8 Å². The smallest absolute Gasteiger partial charge is 0.222 e. The number of phenolic OH excluding ortho intramolecular Hbond substituents is 2. The van der Waals surface area contributed by atoms with Crippen LogP contribution in [0.4, 0.5) is 0 Å². The molecular formula is C31H26ClN5O3. The molecule has 1 aliphatic heterocycles. The van der Waals surface area contributed by atoms with Gasteiger partial charge in [0, 0.05) is 22.7 Å². The van der Waals surface area contributed by atoms with Crippen molar-refractivity contribution in [1.29, 1.82) is 0 Å². The molecule has 1 amide bonds. The van der Waals surface area contributed by atoms with Crippen molar-refractivity contribution in [1.82, 2.24) is 20.1 Å². The minimum Gasteiger partial charge on any atom is -0.504 e. The number of fused-ring (bicyclic) bond motifs is 4. The van der Waals surface area contributed by atoms with Crippen LogP contribution in [0.25, 0.3) is 27.6 Å². The van der Waals surface area contributed by atoms with E-state index in [4.69, 9.17) is 16.6 Å². The highest BCUT2D eigenvalue weighted by atomic mass is 35.5. The van der Waals surface area contributed by atoms with Crippen LogP contribution in [0.2, 0.25) is 5.02 Å². The molecule has 8 nitrogen and oxygen atoms in total. The first kappa shape index (κ1) is 25.6. The van der Waals surface area contributed by atoms with E-state index in [1.165, 1.54) is 0 Å². The highest BCUT2D eigenvalue weighted by Crippen LogP contribution is 2.37. The van der Waals surface area contributed by atoms with Crippen LogP contribution in [0.5, 0.6) is 11.5 Å². The highest BCUT2D eigenvalue weighted by Gasteiger charge is 2.30. The molecular weight excluding hydrogens is 526 g/mol. The Kier molecular flexibility index (Phi) is 6.48. The third-order valence-electron chi connectivity index (χ3n) is 7.06. The van der Waals surface area contributed by atoms with Crippen LogP contribution in [-0.2, 0) is 4.79 Å². The summed E-state index contributed by atoms with van der Waals surface area (Å²) in [5.41, 5.74) is 5.16. The lowest BCUT2D eigenvalue weighted by atomic mass is 9.94. The monoisotopic (exact) mass is 551 g/mol. The first-order valence-corrected chi connectivity index (χ1v) is 13.3. The van der Waals surface area contributed by atoms with Gasteiger partial charge in [-0.2, -0.15) is 0 Å². The molecule has 0 aliphatic carbocycles. The van der Waals surface area contributed by atoms with Crippen LogP contribution >= 0.6 is 11.6 Å². The van der Waals surface area contributed by atoms with Gasteiger partial charge in [-0.05, 0) is 78.2 Å². The lowest BCUT2D eigenvalue weighted by Gasteiger charge is -2.15. The Balaban J connectivity index is 1.56. The van der Waals surface area contributed by atoms with E-state index in [-0.39, 0.29) is 23.8 Å². The summed E-state index contributed by atoms with van der Waals surface area (Å²) in [7, 11) is 0. The molecule has 0 spiro atoms. The fourth-order valence-electron chi connectivity index (χ4n) is 5.15. The van der Waals surface area contributed by atoms with Gasteiger partial charge < -0.3 is 15.5 Å². The number of benzene rings is 4. The Morgan fingerprint density at radius 1 is 0.900 bits per heavy atom. The Bertz CT molecular complexity index is 1810. The van der Waals surface area contributed by atoms with E-state index in [1.807, 2.05) is 73.0 Å². The van der Waals surface area contributed by atoms with E-state index in [2.05, 4.69) is 21.6 Å². The summed E-state index contributed by atoms with van der Waals surface area (Å²) in [5.74, 6) is 0.853. The number of aryl methyl sites for hydroxylation is 1. The maximum absolute atomic E-state index is 12.7. The molecule has 6 rings (SSSR count). The molecule has 0 saturated carbocycles. The van der Waals surface area contributed by atoms with Crippen molar-refractivity contribution in [3.63, 3.8) is 0 Å². The minimum absolute atomic E-state index is 0.115. The summed E-state index contributed by atoms with van der Waals surface area (Å²) < 4.78 is 1.97. The molecule has 0 fully saturated rings. The summed E-state index contributed by atoms with van der Waals surface area (Å²) in [4.78, 5) is 17.8. The van der Waals surface area contributed by atoms with Crippen LogP contribution in [0.3, 0.4) is 0 Å². The SMILES string of the molecule is CCNC(=O)C[C@@H]1N=C(c2ccc(Cl)cc2)c2cc(-c3ccc4cc(O)c(O)cc4c3)ccc2-n2c(C)nnc21. The first-order chi connectivity index (χ1) is 19.3. The van der Waals surface area contributed by atoms with Gasteiger partial charge in [-0.1, -0.05) is 41.9 Å². The van der Waals surface area contributed by atoms with Crippen LogP contribution < -0.4 is 5.32 Å². The molecule has 1 aliphatic rings. The quantitative estimate of drug-likeness (QED) is 0.236. The molecule has 5 aromatic rings. The maximum Gasteiger partial charge on any atom is 0.222 e. The summed E-state index contributed by atoms with van der Waals surface area (Å²) in [6, 6.07) is 22.0. The fraction of sp³-hybridized carbons (Fsp3) is 0.161. The van der Waals surface area contributed by atoms with Crippen LogP contribution in [0, 0.1) is 6.92 Å². The van der Waals surface area contributed by atoms with Gasteiger partial charge in [0.25, 0.3) is 0 Å². The zero-order valence-electron chi connectivity index (χ0n) is 21.9. The third-order valence-corrected chi connectivity index (χ3v) is 7.31. The third kappa shape index (κ3) is 4.56. The molecule has 4 aromatic carbocycles. The van der Waals surface area contributed by atoms with E-state index in [9.17, 15) is 15.0 Å².